The minimum atomic E-state index is -0.767. The molecule has 0 bridgehead atoms. The van der Waals surface area contributed by atoms with Crippen molar-refractivity contribution in [3.05, 3.63) is 30.3 Å². The van der Waals surface area contributed by atoms with Gasteiger partial charge in [0.1, 0.15) is 0 Å². The van der Waals surface area contributed by atoms with E-state index in [0.29, 0.717) is 32.6 Å². The number of rotatable bonds is 7. The summed E-state index contributed by atoms with van der Waals surface area (Å²) in [4.78, 5) is 25.7. The van der Waals surface area contributed by atoms with Crippen LogP contribution in [-0.2, 0) is 9.59 Å². The average Bonchev–Trinajstić information content (AvgIpc) is 2.93. The summed E-state index contributed by atoms with van der Waals surface area (Å²) in [7, 11) is 0. The number of carboxylic acid groups (broad SMARTS) is 1. The molecule has 21 heavy (non-hydrogen) atoms. The van der Waals surface area contributed by atoms with Crippen LogP contribution in [0.2, 0.25) is 0 Å². The number of benzene rings is 1. The Hall–Kier alpha value is -1.53. The Bertz CT molecular complexity index is 481. The van der Waals surface area contributed by atoms with Crippen LogP contribution in [0.1, 0.15) is 6.42 Å². The van der Waals surface area contributed by atoms with Gasteiger partial charge >= 0.3 is 5.97 Å². The molecule has 1 saturated heterocycles. The number of amides is 1. The van der Waals surface area contributed by atoms with Crippen molar-refractivity contribution in [3.8, 4) is 0 Å². The highest BCUT2D eigenvalue weighted by molar-refractivity contribution is 7.99. The number of aliphatic carboxylic acids is 1. The van der Waals surface area contributed by atoms with Crippen molar-refractivity contribution in [3.63, 3.8) is 0 Å². The summed E-state index contributed by atoms with van der Waals surface area (Å²) < 4.78 is 0. The summed E-state index contributed by atoms with van der Waals surface area (Å²) in [5.41, 5.74) is 0. The first-order valence-corrected chi connectivity index (χ1v) is 8.03. The van der Waals surface area contributed by atoms with Crippen molar-refractivity contribution in [2.24, 2.45) is 5.92 Å². The van der Waals surface area contributed by atoms with E-state index >= 15 is 0 Å². The van der Waals surface area contributed by atoms with Gasteiger partial charge in [-0.15, -0.1) is 11.8 Å². The van der Waals surface area contributed by atoms with Crippen molar-refractivity contribution >= 4 is 23.6 Å². The molecule has 2 N–H and O–H groups in total. The van der Waals surface area contributed by atoms with E-state index in [2.05, 4.69) is 5.32 Å². The third-order valence-electron chi connectivity index (χ3n) is 3.42. The molecule has 1 heterocycles. The molecule has 1 fully saturated rings. The van der Waals surface area contributed by atoms with Gasteiger partial charge in [-0.25, -0.2) is 0 Å². The highest BCUT2D eigenvalue weighted by Crippen LogP contribution is 2.16. The van der Waals surface area contributed by atoms with E-state index < -0.39 is 5.97 Å². The topological polar surface area (TPSA) is 69.6 Å². The average molecular weight is 308 g/mol. The molecule has 0 saturated carbocycles. The fourth-order valence-corrected chi connectivity index (χ4v) is 3.10. The fraction of sp³-hybridized carbons (Fsp3) is 0.467. The molecule has 0 radical (unpaired) electrons. The molecule has 1 aromatic carbocycles. The molecule has 1 aliphatic rings. The molecule has 6 heteroatoms. The highest BCUT2D eigenvalue weighted by Gasteiger charge is 2.28. The van der Waals surface area contributed by atoms with Crippen LogP contribution in [0.15, 0.2) is 35.2 Å². The molecule has 2 rings (SSSR count). The highest BCUT2D eigenvalue weighted by atomic mass is 32.2. The first-order chi connectivity index (χ1) is 10.1. The predicted molar refractivity (Wildman–Crippen MR) is 82.4 cm³/mol. The number of hydrogen-bond donors (Lipinski definition) is 2. The molecule has 0 aromatic heterocycles. The number of hydrogen-bond acceptors (Lipinski definition) is 4. The van der Waals surface area contributed by atoms with Gasteiger partial charge in [0.2, 0.25) is 5.91 Å². The lowest BCUT2D eigenvalue weighted by Crippen LogP contribution is -2.37. The summed E-state index contributed by atoms with van der Waals surface area (Å²) in [6.45, 7) is 2.07. The van der Waals surface area contributed by atoms with Gasteiger partial charge in [-0.3, -0.25) is 14.5 Å². The monoisotopic (exact) mass is 308 g/mol. The Kier molecular flexibility index (Phi) is 6.07. The SMILES string of the molecule is O=C(CN1CCC(C(=O)O)C1)NCCSc1ccccc1. The quantitative estimate of drug-likeness (QED) is 0.587. The molecule has 1 atom stereocenters. The van der Waals surface area contributed by atoms with Gasteiger partial charge in [-0.1, -0.05) is 18.2 Å². The molecule has 5 nitrogen and oxygen atoms in total. The van der Waals surface area contributed by atoms with Crippen molar-refractivity contribution in [2.75, 3.05) is 31.9 Å². The summed E-state index contributed by atoms with van der Waals surface area (Å²) >= 11 is 1.70. The fourth-order valence-electron chi connectivity index (χ4n) is 2.31. The molecule has 1 unspecified atom stereocenters. The lowest BCUT2D eigenvalue weighted by Gasteiger charge is -2.14. The van der Waals surface area contributed by atoms with E-state index in [1.54, 1.807) is 11.8 Å². The number of likely N-dealkylation sites (tertiary alicyclic amines) is 1. The lowest BCUT2D eigenvalue weighted by atomic mass is 10.1. The van der Waals surface area contributed by atoms with E-state index in [4.69, 9.17) is 5.11 Å². The van der Waals surface area contributed by atoms with Gasteiger partial charge in [0.15, 0.2) is 0 Å². The van der Waals surface area contributed by atoms with Crippen LogP contribution in [0.3, 0.4) is 0 Å². The van der Waals surface area contributed by atoms with E-state index in [1.165, 1.54) is 4.90 Å². The third kappa shape index (κ3) is 5.40. The van der Waals surface area contributed by atoms with Gasteiger partial charge < -0.3 is 10.4 Å². The van der Waals surface area contributed by atoms with E-state index in [9.17, 15) is 9.59 Å². The van der Waals surface area contributed by atoms with Crippen LogP contribution in [0.4, 0.5) is 0 Å². The molecule has 114 valence electrons. The molecule has 0 aliphatic carbocycles. The van der Waals surface area contributed by atoms with Crippen LogP contribution >= 0.6 is 11.8 Å². The van der Waals surface area contributed by atoms with Crippen LogP contribution < -0.4 is 5.32 Å². The van der Waals surface area contributed by atoms with Gasteiger partial charge in [0.05, 0.1) is 12.5 Å². The van der Waals surface area contributed by atoms with Crippen molar-refractivity contribution in [1.29, 1.82) is 0 Å². The van der Waals surface area contributed by atoms with Crippen LogP contribution in [0.5, 0.6) is 0 Å². The van der Waals surface area contributed by atoms with E-state index in [0.717, 1.165) is 5.75 Å². The maximum atomic E-state index is 11.8. The Morgan fingerprint density at radius 1 is 1.33 bits per heavy atom. The molecule has 1 aliphatic heterocycles. The maximum Gasteiger partial charge on any atom is 0.307 e. The van der Waals surface area contributed by atoms with Crippen LogP contribution in [0.25, 0.3) is 0 Å². The Morgan fingerprint density at radius 3 is 2.76 bits per heavy atom. The zero-order valence-corrected chi connectivity index (χ0v) is 12.6. The minimum absolute atomic E-state index is 0.0327. The smallest absolute Gasteiger partial charge is 0.307 e. The van der Waals surface area contributed by atoms with Gasteiger partial charge in [-0.2, -0.15) is 0 Å². The van der Waals surface area contributed by atoms with Crippen LogP contribution in [0, 0.1) is 5.92 Å². The van der Waals surface area contributed by atoms with E-state index in [1.807, 2.05) is 35.2 Å². The zero-order valence-electron chi connectivity index (χ0n) is 11.8. The molecular weight excluding hydrogens is 288 g/mol. The van der Waals surface area contributed by atoms with Crippen LogP contribution in [-0.4, -0.2) is 53.8 Å². The van der Waals surface area contributed by atoms with Gasteiger partial charge in [-0.05, 0) is 25.1 Å². The second kappa shape index (κ2) is 8.05. The second-order valence-electron chi connectivity index (χ2n) is 5.07. The Morgan fingerprint density at radius 2 is 2.10 bits per heavy atom. The summed E-state index contributed by atoms with van der Waals surface area (Å²) in [5.74, 6) is -0.300. The maximum absolute atomic E-state index is 11.8. The molecule has 1 amide bonds. The normalized spacial score (nSPS) is 18.6. The van der Waals surface area contributed by atoms with Crippen molar-refractivity contribution < 1.29 is 14.7 Å². The molecule has 1 aromatic rings. The van der Waals surface area contributed by atoms with Crippen molar-refractivity contribution in [1.82, 2.24) is 10.2 Å². The molecular formula is C15H20N2O3S. The third-order valence-corrected chi connectivity index (χ3v) is 4.44. The number of thioether (sulfide) groups is 1. The number of nitrogens with one attached hydrogen (secondary N) is 1. The Labute approximate surface area is 128 Å². The number of carbonyl (C=O) groups excluding carboxylic acids is 1. The Balaban J connectivity index is 1.59. The van der Waals surface area contributed by atoms with Crippen molar-refractivity contribution in [2.45, 2.75) is 11.3 Å². The first-order valence-electron chi connectivity index (χ1n) is 7.05. The molecule has 0 spiro atoms. The van der Waals surface area contributed by atoms with Gasteiger partial charge in [0, 0.05) is 23.7 Å². The standard InChI is InChI=1S/C15H20N2O3S/c18-14(11-17-8-6-12(10-17)15(19)20)16-7-9-21-13-4-2-1-3-5-13/h1-5,12H,6-11H2,(H,16,18)(H,19,20). The largest absolute Gasteiger partial charge is 0.481 e. The number of carboxylic acids is 1. The zero-order chi connectivity index (χ0) is 15.1. The summed E-state index contributed by atoms with van der Waals surface area (Å²) in [6, 6.07) is 10.1. The lowest BCUT2D eigenvalue weighted by molar-refractivity contribution is -0.141. The first kappa shape index (κ1) is 15.9. The minimum Gasteiger partial charge on any atom is -0.481 e. The second-order valence-corrected chi connectivity index (χ2v) is 6.24. The predicted octanol–water partition coefficient (Wildman–Crippen LogP) is 1.30. The number of nitrogens with zero attached hydrogens (tertiary/aromatic N) is 1. The summed E-state index contributed by atoms with van der Waals surface area (Å²) in [6.07, 6.45) is 0.631. The summed E-state index contributed by atoms with van der Waals surface area (Å²) in [5, 5.41) is 11.8. The number of carbonyl (C=O) groups is 2. The van der Waals surface area contributed by atoms with E-state index in [-0.39, 0.29) is 11.8 Å². The van der Waals surface area contributed by atoms with Gasteiger partial charge in [0.25, 0.3) is 0 Å².